The van der Waals surface area contributed by atoms with Crippen LogP contribution in [0, 0.1) is 0 Å². The summed E-state index contributed by atoms with van der Waals surface area (Å²) in [4.78, 5) is 19.7. The number of rotatable bonds is 3. The first-order valence-corrected chi connectivity index (χ1v) is 15.6. The Morgan fingerprint density at radius 2 is 1.06 bits per heavy atom. The van der Waals surface area contributed by atoms with Crippen LogP contribution in [-0.2, 0) is 0 Å². The molecule has 0 fully saturated rings. The first-order chi connectivity index (χ1) is 23.3. The van der Waals surface area contributed by atoms with Gasteiger partial charge in [0.25, 0.3) is 0 Å². The molecule has 218 valence electrons. The summed E-state index contributed by atoms with van der Waals surface area (Å²) >= 11 is 0. The Bertz CT molecular complexity index is 2870. The van der Waals surface area contributed by atoms with Crippen LogP contribution in [0.1, 0.15) is 0 Å². The Kier molecular flexibility index (Phi) is 5.51. The Balaban J connectivity index is 1.26. The first kappa shape index (κ1) is 25.8. The van der Waals surface area contributed by atoms with Gasteiger partial charge >= 0.3 is 0 Å². The van der Waals surface area contributed by atoms with Gasteiger partial charge in [0.2, 0.25) is 0 Å². The van der Waals surface area contributed by atoms with Crippen LogP contribution in [0.3, 0.4) is 0 Å². The normalized spacial score (nSPS) is 11.8. The second kappa shape index (κ2) is 10.0. The van der Waals surface area contributed by atoms with Gasteiger partial charge in [0, 0.05) is 33.7 Å². The molecule has 10 aromatic rings. The highest BCUT2D eigenvalue weighted by Gasteiger charge is 2.18. The molecule has 0 aliphatic carbocycles. The summed E-state index contributed by atoms with van der Waals surface area (Å²) in [5.41, 5.74) is 4.24. The van der Waals surface area contributed by atoms with Crippen molar-refractivity contribution in [2.75, 3.05) is 0 Å². The van der Waals surface area contributed by atoms with Crippen molar-refractivity contribution in [1.29, 1.82) is 0 Å². The van der Waals surface area contributed by atoms with Gasteiger partial charge in [0.05, 0.1) is 6.20 Å². The largest absolute Gasteiger partial charge is 0.454 e. The Morgan fingerprint density at radius 1 is 0.404 bits per heavy atom. The molecule has 3 aromatic heterocycles. The molecule has 0 aliphatic rings. The molecule has 0 radical (unpaired) electrons. The molecule has 7 aromatic carbocycles. The minimum absolute atomic E-state index is 0.590. The molecule has 0 atom stereocenters. The molecule has 5 heteroatoms. The smallest absolute Gasteiger partial charge is 0.164 e. The summed E-state index contributed by atoms with van der Waals surface area (Å²) in [7, 11) is 0. The fourth-order valence-corrected chi connectivity index (χ4v) is 6.91. The van der Waals surface area contributed by atoms with Crippen LogP contribution in [0.15, 0.2) is 150 Å². The highest BCUT2D eigenvalue weighted by atomic mass is 16.3. The van der Waals surface area contributed by atoms with Crippen molar-refractivity contribution in [2.24, 2.45) is 0 Å². The number of aromatic nitrogens is 4. The topological polar surface area (TPSA) is 64.7 Å². The van der Waals surface area contributed by atoms with E-state index in [1.165, 1.54) is 37.7 Å². The Labute approximate surface area is 268 Å². The minimum Gasteiger partial charge on any atom is -0.454 e. The van der Waals surface area contributed by atoms with Crippen molar-refractivity contribution in [3.63, 3.8) is 0 Å². The molecular weight excluding hydrogens is 576 g/mol. The Hall–Kier alpha value is -6.46. The third kappa shape index (κ3) is 4.10. The maximum atomic E-state index is 6.18. The van der Waals surface area contributed by atoms with E-state index in [2.05, 4.69) is 120 Å². The monoisotopic (exact) mass is 600 g/mol. The summed E-state index contributed by atoms with van der Waals surface area (Å²) in [6.07, 6.45) is 3.54. The molecule has 3 heterocycles. The van der Waals surface area contributed by atoms with Gasteiger partial charge in [-0.15, -0.1) is 0 Å². The molecule has 0 spiro atoms. The lowest BCUT2D eigenvalue weighted by atomic mass is 9.95. The van der Waals surface area contributed by atoms with Crippen LogP contribution in [-0.4, -0.2) is 19.9 Å². The van der Waals surface area contributed by atoms with E-state index in [9.17, 15) is 0 Å². The number of fused-ring (bicyclic) bond motifs is 9. The predicted molar refractivity (Wildman–Crippen MR) is 191 cm³/mol. The number of pyridine rings is 1. The van der Waals surface area contributed by atoms with Gasteiger partial charge < -0.3 is 4.42 Å². The van der Waals surface area contributed by atoms with Crippen molar-refractivity contribution in [1.82, 2.24) is 19.9 Å². The third-order valence-corrected chi connectivity index (χ3v) is 9.17. The second-order valence-electron chi connectivity index (χ2n) is 11.9. The van der Waals surface area contributed by atoms with E-state index < -0.39 is 0 Å². The van der Waals surface area contributed by atoms with Gasteiger partial charge in [-0.05, 0) is 67.4 Å². The summed E-state index contributed by atoms with van der Waals surface area (Å²) in [5, 5.41) is 11.5. The molecule has 0 bridgehead atoms. The molecular formula is C42H24N4O. The van der Waals surface area contributed by atoms with Crippen LogP contribution in [0.4, 0.5) is 0 Å². The van der Waals surface area contributed by atoms with Crippen molar-refractivity contribution >= 4 is 65.0 Å². The van der Waals surface area contributed by atoms with Crippen molar-refractivity contribution < 1.29 is 4.42 Å². The zero-order valence-electron chi connectivity index (χ0n) is 25.1. The number of nitrogens with zero attached hydrogens (tertiary/aromatic N) is 4. The van der Waals surface area contributed by atoms with Crippen LogP contribution in [0.2, 0.25) is 0 Å². The van der Waals surface area contributed by atoms with Crippen molar-refractivity contribution in [2.45, 2.75) is 0 Å². The van der Waals surface area contributed by atoms with Gasteiger partial charge in [-0.25, -0.2) is 15.0 Å². The highest BCUT2D eigenvalue weighted by Crippen LogP contribution is 2.38. The van der Waals surface area contributed by atoms with E-state index in [-0.39, 0.29) is 0 Å². The lowest BCUT2D eigenvalue weighted by Gasteiger charge is -2.12. The SMILES string of the molecule is c1ccc2cc(-c3nc(-c4ccc5ccc6ccc7ccccc7c6c5c4)nc(-c4cccc5oc6cnccc6c45)n3)ccc2c1. The number of furan rings is 1. The second-order valence-corrected chi connectivity index (χ2v) is 11.9. The van der Waals surface area contributed by atoms with Crippen LogP contribution in [0.5, 0.6) is 0 Å². The number of hydrogen-bond donors (Lipinski definition) is 0. The van der Waals surface area contributed by atoms with E-state index >= 15 is 0 Å². The summed E-state index contributed by atoms with van der Waals surface area (Å²) in [6, 6.07) is 46.6. The maximum absolute atomic E-state index is 6.18. The fraction of sp³-hybridized carbons (Fsp3) is 0. The summed E-state index contributed by atoms with van der Waals surface area (Å²) in [6.45, 7) is 0. The van der Waals surface area contributed by atoms with Gasteiger partial charge in [0.1, 0.15) is 5.58 Å². The molecule has 10 rings (SSSR count). The van der Waals surface area contributed by atoms with Crippen molar-refractivity contribution in [3.05, 3.63) is 146 Å². The van der Waals surface area contributed by atoms with Crippen LogP contribution >= 0.6 is 0 Å². The molecule has 0 unspecified atom stereocenters. The molecule has 0 amide bonds. The first-order valence-electron chi connectivity index (χ1n) is 15.6. The predicted octanol–water partition coefficient (Wildman–Crippen LogP) is 10.8. The van der Waals surface area contributed by atoms with Gasteiger partial charge in [-0.2, -0.15) is 0 Å². The quantitative estimate of drug-likeness (QED) is 0.189. The number of benzene rings is 7. The molecule has 0 N–H and O–H groups in total. The summed E-state index contributed by atoms with van der Waals surface area (Å²) in [5.74, 6) is 1.82. The van der Waals surface area contributed by atoms with E-state index in [0.717, 1.165) is 44.0 Å². The zero-order chi connectivity index (χ0) is 30.9. The summed E-state index contributed by atoms with van der Waals surface area (Å²) < 4.78 is 6.18. The maximum Gasteiger partial charge on any atom is 0.164 e. The van der Waals surface area contributed by atoms with E-state index in [4.69, 9.17) is 19.4 Å². The van der Waals surface area contributed by atoms with Gasteiger partial charge in [-0.1, -0.05) is 109 Å². The average molecular weight is 601 g/mol. The Morgan fingerprint density at radius 3 is 1.91 bits per heavy atom. The van der Waals surface area contributed by atoms with Gasteiger partial charge in [-0.3, -0.25) is 4.98 Å². The number of hydrogen-bond acceptors (Lipinski definition) is 5. The molecule has 0 aliphatic heterocycles. The van der Waals surface area contributed by atoms with Crippen LogP contribution in [0.25, 0.3) is 99.2 Å². The molecule has 5 nitrogen and oxygen atoms in total. The molecule has 47 heavy (non-hydrogen) atoms. The lowest BCUT2D eigenvalue weighted by Crippen LogP contribution is -2.00. The van der Waals surface area contributed by atoms with Gasteiger partial charge in [0.15, 0.2) is 23.1 Å². The van der Waals surface area contributed by atoms with E-state index in [0.29, 0.717) is 17.5 Å². The highest BCUT2D eigenvalue weighted by molar-refractivity contribution is 6.20. The zero-order valence-corrected chi connectivity index (χ0v) is 25.1. The van der Waals surface area contributed by atoms with Crippen molar-refractivity contribution in [3.8, 4) is 34.2 Å². The standard InChI is InChI=1S/C42H24N4O/c1-2-8-29-22-30(18-12-25(29)6-1)40-44-41(46-42(45-40)34-10-5-11-36-39(34)33-20-21-43-24-37(33)47-36)31-19-15-27-14-17-28-16-13-26-7-3-4-9-32(26)38(28)35(27)23-31/h1-24H. The van der Waals surface area contributed by atoms with E-state index in [1.54, 1.807) is 12.4 Å². The average Bonchev–Trinajstić information content (AvgIpc) is 3.53. The third-order valence-electron chi connectivity index (χ3n) is 9.17. The minimum atomic E-state index is 0.590. The fourth-order valence-electron chi connectivity index (χ4n) is 6.91. The molecule has 0 saturated carbocycles. The van der Waals surface area contributed by atoms with E-state index in [1.807, 2.05) is 18.2 Å². The molecule has 0 saturated heterocycles. The van der Waals surface area contributed by atoms with Crippen LogP contribution < -0.4 is 0 Å². The lowest BCUT2D eigenvalue weighted by molar-refractivity contribution is 0.667.